The fourth-order valence-corrected chi connectivity index (χ4v) is 2.76. The number of aromatic nitrogens is 2. The molecule has 1 aliphatic heterocycles. The molecule has 0 radical (unpaired) electrons. The number of pyridine rings is 1. The van der Waals surface area contributed by atoms with Crippen LogP contribution in [-0.4, -0.2) is 45.5 Å². The van der Waals surface area contributed by atoms with Gasteiger partial charge in [-0.2, -0.15) is 0 Å². The maximum atomic E-state index is 11.6. The van der Waals surface area contributed by atoms with Crippen LogP contribution in [0, 0.1) is 0 Å². The van der Waals surface area contributed by atoms with Crippen LogP contribution in [0.3, 0.4) is 0 Å². The first-order chi connectivity index (χ1) is 10.1. The molecule has 0 saturated carbocycles. The number of carbonyl (C=O) groups excluding carboxylic acids is 1. The average Bonchev–Trinajstić information content (AvgIpc) is 3.01. The number of amides is 1. The van der Waals surface area contributed by atoms with Crippen molar-refractivity contribution in [3.63, 3.8) is 0 Å². The molecule has 3 heterocycles. The second-order valence-corrected chi connectivity index (χ2v) is 5.15. The van der Waals surface area contributed by atoms with Crippen molar-refractivity contribution in [1.29, 1.82) is 0 Å². The molecule has 2 aromatic heterocycles. The number of imidazole rings is 1. The zero-order chi connectivity index (χ0) is 15.0. The van der Waals surface area contributed by atoms with E-state index in [-0.39, 0.29) is 17.6 Å². The summed E-state index contributed by atoms with van der Waals surface area (Å²) in [6, 6.07) is 5.41. The molecule has 0 aromatic carbocycles. The summed E-state index contributed by atoms with van der Waals surface area (Å²) in [6.45, 7) is 2.73. The topological polar surface area (TPSA) is 86.9 Å². The van der Waals surface area contributed by atoms with E-state index in [1.807, 2.05) is 11.0 Å². The van der Waals surface area contributed by atoms with Crippen LogP contribution in [0.5, 0.6) is 0 Å². The van der Waals surface area contributed by atoms with E-state index in [1.165, 1.54) is 6.92 Å². The van der Waals surface area contributed by atoms with E-state index in [4.69, 9.17) is 0 Å². The van der Waals surface area contributed by atoms with E-state index in [0.29, 0.717) is 24.6 Å². The Bertz CT molecular complexity index is 709. The largest absolute Gasteiger partial charge is 0.476 e. The third-order valence-corrected chi connectivity index (χ3v) is 3.61. The molecule has 7 nitrogen and oxygen atoms in total. The Balaban J connectivity index is 1.95. The van der Waals surface area contributed by atoms with Crippen molar-refractivity contribution in [2.45, 2.75) is 19.4 Å². The molecule has 3 rings (SSSR count). The molecule has 7 heteroatoms. The Morgan fingerprint density at radius 2 is 2.24 bits per heavy atom. The molecule has 1 atom stereocenters. The molecular weight excluding hydrogens is 272 g/mol. The lowest BCUT2D eigenvalue weighted by atomic mass is 10.2. The fraction of sp³-hybridized carbons (Fsp3) is 0.357. The first kappa shape index (κ1) is 13.4. The van der Waals surface area contributed by atoms with Crippen LogP contribution in [0.4, 0.5) is 5.82 Å². The van der Waals surface area contributed by atoms with Crippen LogP contribution in [-0.2, 0) is 4.79 Å². The summed E-state index contributed by atoms with van der Waals surface area (Å²) in [5.41, 5.74) is 0.766. The van der Waals surface area contributed by atoms with Gasteiger partial charge in [-0.05, 0) is 18.6 Å². The third kappa shape index (κ3) is 2.42. The van der Waals surface area contributed by atoms with Crippen molar-refractivity contribution in [3.8, 4) is 0 Å². The lowest BCUT2D eigenvalue weighted by molar-refractivity contribution is -0.119. The molecule has 2 aromatic rings. The van der Waals surface area contributed by atoms with Gasteiger partial charge in [0.05, 0.1) is 0 Å². The number of carbonyl (C=O) groups is 2. The van der Waals surface area contributed by atoms with Gasteiger partial charge in [0.1, 0.15) is 5.65 Å². The lowest BCUT2D eigenvalue weighted by Crippen LogP contribution is -2.35. The zero-order valence-corrected chi connectivity index (χ0v) is 11.6. The normalized spacial score (nSPS) is 18.1. The molecular formula is C14H16N4O3. The van der Waals surface area contributed by atoms with Gasteiger partial charge in [-0.15, -0.1) is 0 Å². The van der Waals surface area contributed by atoms with Crippen molar-refractivity contribution in [2.24, 2.45) is 0 Å². The monoisotopic (exact) mass is 288 g/mol. The Morgan fingerprint density at radius 3 is 2.95 bits per heavy atom. The maximum absolute atomic E-state index is 11.6. The molecule has 2 N–H and O–H groups in total. The van der Waals surface area contributed by atoms with Crippen LogP contribution in [0.25, 0.3) is 5.65 Å². The first-order valence-electron chi connectivity index (χ1n) is 6.78. The number of anilines is 1. The number of nitrogens with zero attached hydrogens (tertiary/aromatic N) is 3. The van der Waals surface area contributed by atoms with Crippen LogP contribution in [0.2, 0.25) is 0 Å². The van der Waals surface area contributed by atoms with E-state index in [0.717, 1.165) is 6.42 Å². The third-order valence-electron chi connectivity index (χ3n) is 3.61. The number of carboxylic acids is 1. The Morgan fingerprint density at radius 1 is 1.43 bits per heavy atom. The lowest BCUT2D eigenvalue weighted by Gasteiger charge is -2.16. The Hall–Kier alpha value is -2.57. The van der Waals surface area contributed by atoms with Gasteiger partial charge in [0.25, 0.3) is 0 Å². The Kier molecular flexibility index (Phi) is 3.25. The van der Waals surface area contributed by atoms with Crippen molar-refractivity contribution in [2.75, 3.05) is 18.0 Å². The standard InChI is InChI=1S/C14H16N4O3/c1-9(19)15-10-5-7-17(8-10)13-12(14(20)21)18-6-3-2-4-11(18)16-13/h2-4,6,10H,5,7-8H2,1H3,(H,15,19)(H,20,21). The average molecular weight is 288 g/mol. The van der Waals surface area contributed by atoms with Crippen molar-refractivity contribution in [3.05, 3.63) is 30.1 Å². The predicted molar refractivity (Wildman–Crippen MR) is 76.6 cm³/mol. The predicted octanol–water partition coefficient (Wildman–Crippen LogP) is 0.747. The second-order valence-electron chi connectivity index (χ2n) is 5.15. The quantitative estimate of drug-likeness (QED) is 0.870. The summed E-state index contributed by atoms with van der Waals surface area (Å²) in [7, 11) is 0. The molecule has 1 amide bonds. The molecule has 21 heavy (non-hydrogen) atoms. The van der Waals surface area contributed by atoms with Crippen molar-refractivity contribution >= 4 is 23.3 Å². The second kappa shape index (κ2) is 5.08. The zero-order valence-electron chi connectivity index (χ0n) is 11.6. The smallest absolute Gasteiger partial charge is 0.356 e. The van der Waals surface area contributed by atoms with Crippen LogP contribution in [0.1, 0.15) is 23.8 Å². The van der Waals surface area contributed by atoms with E-state index in [2.05, 4.69) is 10.3 Å². The molecule has 1 saturated heterocycles. The van der Waals surface area contributed by atoms with Crippen LogP contribution < -0.4 is 10.2 Å². The SMILES string of the molecule is CC(=O)NC1CCN(c2nc3ccccn3c2C(=O)O)C1. The highest BCUT2D eigenvalue weighted by Gasteiger charge is 2.29. The molecule has 1 aliphatic rings. The molecule has 110 valence electrons. The first-order valence-corrected chi connectivity index (χ1v) is 6.78. The van der Waals surface area contributed by atoms with Gasteiger partial charge in [-0.25, -0.2) is 9.78 Å². The molecule has 1 fully saturated rings. The van der Waals surface area contributed by atoms with E-state index in [9.17, 15) is 14.7 Å². The fourth-order valence-electron chi connectivity index (χ4n) is 2.76. The number of fused-ring (bicyclic) bond motifs is 1. The summed E-state index contributed by atoms with van der Waals surface area (Å²) in [4.78, 5) is 29.0. The van der Waals surface area contributed by atoms with E-state index in [1.54, 1.807) is 22.7 Å². The van der Waals surface area contributed by atoms with Gasteiger partial charge >= 0.3 is 5.97 Å². The minimum Gasteiger partial charge on any atom is -0.476 e. The maximum Gasteiger partial charge on any atom is 0.356 e. The molecule has 0 aliphatic carbocycles. The number of hydrogen-bond acceptors (Lipinski definition) is 4. The number of nitrogens with one attached hydrogen (secondary N) is 1. The van der Waals surface area contributed by atoms with Gasteiger partial charge in [0.2, 0.25) is 5.91 Å². The Labute approximate surface area is 121 Å². The minimum atomic E-state index is -1.01. The highest BCUT2D eigenvalue weighted by atomic mass is 16.4. The van der Waals surface area contributed by atoms with Crippen molar-refractivity contribution < 1.29 is 14.7 Å². The molecule has 1 unspecified atom stereocenters. The summed E-state index contributed by atoms with van der Waals surface area (Å²) >= 11 is 0. The van der Waals surface area contributed by atoms with Crippen molar-refractivity contribution in [1.82, 2.24) is 14.7 Å². The van der Waals surface area contributed by atoms with Gasteiger partial charge in [0.15, 0.2) is 11.5 Å². The van der Waals surface area contributed by atoms with Gasteiger partial charge in [-0.1, -0.05) is 6.07 Å². The van der Waals surface area contributed by atoms with Crippen LogP contribution >= 0.6 is 0 Å². The van der Waals surface area contributed by atoms with Gasteiger partial charge in [0, 0.05) is 32.3 Å². The summed E-state index contributed by atoms with van der Waals surface area (Å²) in [5, 5.41) is 12.3. The summed E-state index contributed by atoms with van der Waals surface area (Å²) in [5.74, 6) is -0.622. The van der Waals surface area contributed by atoms with Crippen LogP contribution in [0.15, 0.2) is 24.4 Å². The highest BCUT2D eigenvalue weighted by Crippen LogP contribution is 2.25. The number of hydrogen-bond donors (Lipinski definition) is 2. The number of rotatable bonds is 3. The number of carboxylic acid groups (broad SMARTS) is 1. The molecule has 0 spiro atoms. The minimum absolute atomic E-state index is 0.0361. The number of aromatic carboxylic acids is 1. The van der Waals surface area contributed by atoms with Gasteiger partial charge < -0.3 is 15.3 Å². The van der Waals surface area contributed by atoms with E-state index < -0.39 is 5.97 Å². The van der Waals surface area contributed by atoms with E-state index >= 15 is 0 Å². The molecule has 0 bridgehead atoms. The summed E-state index contributed by atoms with van der Waals surface area (Å²) < 4.78 is 1.57. The summed E-state index contributed by atoms with van der Waals surface area (Å²) in [6.07, 6.45) is 2.48. The highest BCUT2D eigenvalue weighted by molar-refractivity contribution is 5.93. The van der Waals surface area contributed by atoms with Gasteiger partial charge in [-0.3, -0.25) is 9.20 Å².